The highest BCUT2D eigenvalue weighted by atomic mass is 35.5. The molecule has 0 bridgehead atoms. The van der Waals surface area contributed by atoms with E-state index in [-0.39, 0.29) is 21.7 Å². The van der Waals surface area contributed by atoms with Gasteiger partial charge in [-0.05, 0) is 18.2 Å². The molecular weight excluding hydrogens is 340 g/mol. The molecule has 1 amide bonds. The van der Waals surface area contributed by atoms with Crippen molar-refractivity contribution >= 4 is 27.5 Å². The number of methoxy groups -OCH3 is 1. The van der Waals surface area contributed by atoms with Crippen molar-refractivity contribution in [3.05, 3.63) is 64.1 Å². The SMILES string of the molecule is [2H]c1c([2H])c([2H])c2c(c1[2H])C(=O)NC2(OC)c1ccc(Cl)c(S(N)(=O)=O)c1. The normalized spacial score (nSPS) is 22.7. The second-order valence-corrected chi connectivity index (χ2v) is 6.72. The first-order valence-corrected chi connectivity index (χ1v) is 8.19. The average Bonchev–Trinajstić information content (AvgIpc) is 2.91. The Morgan fingerprint density at radius 3 is 2.70 bits per heavy atom. The fraction of sp³-hybridized carbons (Fsp3) is 0.133. The monoisotopic (exact) mass is 356 g/mol. The number of amides is 1. The zero-order valence-corrected chi connectivity index (χ0v) is 13.3. The third-order valence-corrected chi connectivity index (χ3v) is 4.90. The number of hydrogen-bond donors (Lipinski definition) is 2. The molecule has 0 saturated carbocycles. The zero-order chi connectivity index (χ0) is 20.3. The van der Waals surface area contributed by atoms with Crippen LogP contribution in [-0.2, 0) is 20.5 Å². The second-order valence-electron chi connectivity index (χ2n) is 4.78. The van der Waals surface area contributed by atoms with E-state index >= 15 is 0 Å². The maximum atomic E-state index is 12.5. The molecule has 3 N–H and O–H groups in total. The summed E-state index contributed by atoms with van der Waals surface area (Å²) >= 11 is 5.90. The standard InChI is InChI=1S/C15H13ClN2O4S/c1-22-15(11-5-3-2-4-10(11)14(19)18-15)9-6-7-12(16)13(8-9)23(17,20)21/h2-8H,1H3,(H,18,19)(H2,17,20,21)/i2D,3D,4D,5D. The van der Waals surface area contributed by atoms with Crippen LogP contribution in [0.25, 0.3) is 0 Å². The van der Waals surface area contributed by atoms with Crippen LogP contribution in [0.1, 0.15) is 27.0 Å². The van der Waals surface area contributed by atoms with Gasteiger partial charge >= 0.3 is 0 Å². The van der Waals surface area contributed by atoms with Gasteiger partial charge in [0.1, 0.15) is 4.90 Å². The van der Waals surface area contributed by atoms with Crippen LogP contribution >= 0.6 is 11.6 Å². The molecule has 23 heavy (non-hydrogen) atoms. The van der Waals surface area contributed by atoms with Crippen LogP contribution in [0, 0.1) is 0 Å². The van der Waals surface area contributed by atoms with Crippen LogP contribution in [0.3, 0.4) is 0 Å². The first-order chi connectivity index (χ1) is 12.5. The summed E-state index contributed by atoms with van der Waals surface area (Å²) in [6.45, 7) is 0. The lowest BCUT2D eigenvalue weighted by Gasteiger charge is -2.29. The van der Waals surface area contributed by atoms with Gasteiger partial charge in [-0.3, -0.25) is 4.79 Å². The maximum Gasteiger partial charge on any atom is 0.254 e. The summed E-state index contributed by atoms with van der Waals surface area (Å²) in [5, 5.41) is 7.51. The quantitative estimate of drug-likeness (QED) is 0.872. The Morgan fingerprint density at radius 1 is 1.35 bits per heavy atom. The smallest absolute Gasteiger partial charge is 0.254 e. The fourth-order valence-corrected chi connectivity index (χ4v) is 3.53. The van der Waals surface area contributed by atoms with E-state index in [1.165, 1.54) is 19.2 Å². The van der Waals surface area contributed by atoms with Crippen molar-refractivity contribution < 1.29 is 23.4 Å². The number of ether oxygens (including phenoxy) is 1. The number of benzene rings is 2. The van der Waals surface area contributed by atoms with E-state index in [4.69, 9.17) is 27.0 Å². The van der Waals surface area contributed by atoms with Crippen LogP contribution in [0.2, 0.25) is 5.02 Å². The maximum absolute atomic E-state index is 12.5. The minimum Gasteiger partial charge on any atom is -0.351 e. The van der Waals surface area contributed by atoms with Gasteiger partial charge < -0.3 is 10.1 Å². The number of carbonyl (C=O) groups excluding carboxylic acids is 1. The van der Waals surface area contributed by atoms with Gasteiger partial charge in [-0.25, -0.2) is 13.6 Å². The number of nitrogens with one attached hydrogen (secondary N) is 1. The molecule has 0 aromatic heterocycles. The first-order valence-electron chi connectivity index (χ1n) is 8.27. The molecular formula is C15H13ClN2O4S. The van der Waals surface area contributed by atoms with Gasteiger partial charge in [0.05, 0.1) is 10.5 Å². The summed E-state index contributed by atoms with van der Waals surface area (Å²) in [4.78, 5) is 12.1. The van der Waals surface area contributed by atoms with Gasteiger partial charge in [0.15, 0.2) is 5.72 Å². The molecule has 8 heteroatoms. The fourth-order valence-electron chi connectivity index (χ4n) is 2.46. The number of halogens is 1. The minimum absolute atomic E-state index is 0.0792. The zero-order valence-electron chi connectivity index (χ0n) is 15.7. The third kappa shape index (κ3) is 2.42. The molecule has 1 aliphatic heterocycles. The van der Waals surface area contributed by atoms with Crippen LogP contribution in [0.15, 0.2) is 47.3 Å². The Hall–Kier alpha value is -1.93. The molecule has 3 rings (SSSR count). The van der Waals surface area contributed by atoms with E-state index in [0.29, 0.717) is 0 Å². The molecule has 0 saturated heterocycles. The second kappa shape index (κ2) is 5.31. The molecule has 1 unspecified atom stereocenters. The summed E-state index contributed by atoms with van der Waals surface area (Å²) in [6.07, 6.45) is 0. The molecule has 0 spiro atoms. The first kappa shape index (κ1) is 11.6. The Kier molecular flexibility index (Phi) is 2.67. The molecule has 0 radical (unpaired) electrons. The Morgan fingerprint density at radius 2 is 2.04 bits per heavy atom. The number of hydrogen-bond acceptors (Lipinski definition) is 4. The molecule has 0 aliphatic carbocycles. The Balaban J connectivity index is 2.41. The summed E-state index contributed by atoms with van der Waals surface area (Å²) in [5.74, 6) is -0.786. The average molecular weight is 357 g/mol. The van der Waals surface area contributed by atoms with Crippen LogP contribution in [0.5, 0.6) is 0 Å². The van der Waals surface area contributed by atoms with Crippen LogP contribution in [0.4, 0.5) is 0 Å². The van der Waals surface area contributed by atoms with Crippen molar-refractivity contribution in [2.24, 2.45) is 5.14 Å². The van der Waals surface area contributed by atoms with Crippen molar-refractivity contribution in [2.45, 2.75) is 10.6 Å². The highest BCUT2D eigenvalue weighted by Gasteiger charge is 2.45. The molecule has 1 aliphatic rings. The van der Waals surface area contributed by atoms with E-state index in [2.05, 4.69) is 5.32 Å². The van der Waals surface area contributed by atoms with Crippen molar-refractivity contribution in [3.63, 3.8) is 0 Å². The Bertz CT molecular complexity index is 1110. The van der Waals surface area contributed by atoms with Crippen molar-refractivity contribution in [1.82, 2.24) is 5.32 Å². The van der Waals surface area contributed by atoms with Gasteiger partial charge in [0.25, 0.3) is 5.91 Å². The van der Waals surface area contributed by atoms with E-state index in [9.17, 15) is 13.2 Å². The summed E-state index contributed by atoms with van der Waals surface area (Å²) in [7, 11) is -2.99. The van der Waals surface area contributed by atoms with Crippen LogP contribution in [-0.4, -0.2) is 21.4 Å². The number of fused-ring (bicyclic) bond motifs is 1. The third-order valence-electron chi connectivity index (χ3n) is 3.51. The Labute approximate surface area is 143 Å². The van der Waals surface area contributed by atoms with Crippen molar-refractivity contribution in [2.75, 3.05) is 7.11 Å². The van der Waals surface area contributed by atoms with Gasteiger partial charge in [0.2, 0.25) is 10.0 Å². The van der Waals surface area contributed by atoms with Gasteiger partial charge in [-0.1, -0.05) is 35.8 Å². The van der Waals surface area contributed by atoms with E-state index in [1.807, 2.05) is 0 Å². The molecule has 1 heterocycles. The molecule has 6 nitrogen and oxygen atoms in total. The molecule has 120 valence electrons. The lowest BCUT2D eigenvalue weighted by Crippen LogP contribution is -2.42. The van der Waals surface area contributed by atoms with E-state index in [1.54, 1.807) is 0 Å². The van der Waals surface area contributed by atoms with Crippen molar-refractivity contribution in [3.8, 4) is 0 Å². The molecule has 2 aromatic carbocycles. The lowest BCUT2D eigenvalue weighted by atomic mass is 9.94. The number of primary sulfonamides is 1. The largest absolute Gasteiger partial charge is 0.351 e. The summed E-state index contributed by atoms with van der Waals surface area (Å²) in [6, 6.07) is 1.57. The molecule has 1 atom stereocenters. The minimum atomic E-state index is -4.20. The predicted octanol–water partition coefficient (Wildman–Crippen LogP) is 1.58. The van der Waals surface area contributed by atoms with Crippen LogP contribution < -0.4 is 10.5 Å². The van der Waals surface area contributed by atoms with E-state index < -0.39 is 50.7 Å². The number of nitrogens with two attached hydrogens (primary N) is 1. The molecule has 0 fully saturated rings. The van der Waals surface area contributed by atoms with Gasteiger partial charge in [0, 0.05) is 23.8 Å². The number of rotatable bonds is 3. The highest BCUT2D eigenvalue weighted by Crippen LogP contribution is 2.39. The van der Waals surface area contributed by atoms with Gasteiger partial charge in [-0.2, -0.15) is 0 Å². The van der Waals surface area contributed by atoms with E-state index in [0.717, 1.165) is 6.07 Å². The predicted molar refractivity (Wildman–Crippen MR) is 84.5 cm³/mol. The summed E-state index contributed by atoms with van der Waals surface area (Å²) < 4.78 is 60.9. The number of carbonyl (C=O) groups is 1. The number of sulfonamides is 1. The van der Waals surface area contributed by atoms with Gasteiger partial charge in [-0.15, -0.1) is 0 Å². The highest BCUT2D eigenvalue weighted by molar-refractivity contribution is 7.89. The van der Waals surface area contributed by atoms with Crippen molar-refractivity contribution in [1.29, 1.82) is 0 Å². The topological polar surface area (TPSA) is 98.5 Å². The summed E-state index contributed by atoms with van der Waals surface area (Å²) in [5.41, 5.74) is -2.19. The lowest BCUT2D eigenvalue weighted by molar-refractivity contribution is 0.00320. The molecule has 2 aromatic rings.